The first-order valence-electron chi connectivity index (χ1n) is 21.4. The van der Waals surface area contributed by atoms with Crippen molar-refractivity contribution in [1.82, 2.24) is 0 Å². The number of hydrogen-bond donors (Lipinski definition) is 1. The van der Waals surface area contributed by atoms with Crippen LogP contribution in [0.25, 0.3) is 22.3 Å². The zero-order valence-corrected chi connectivity index (χ0v) is 35.3. The Kier molecular flexibility index (Phi) is 9.90. The Labute approximate surface area is 365 Å². The largest absolute Gasteiger partial charge is 0.376 e. The molecule has 0 saturated heterocycles. The SMILES string of the molecule is Cc1cc(N(c2ccccc2)c2ccccc2)ccc1-c1ccccc1C(O)(c1ccc(N(c2ccccc2)c2ccccc2)cc1)c1ccc2c(c1)C(C)(C)c1ccccc1-2. The van der Waals surface area contributed by atoms with Crippen LogP contribution in [-0.2, 0) is 11.0 Å². The lowest BCUT2D eigenvalue weighted by Gasteiger charge is -2.34. The molecular weight excluding hydrogens is 753 g/mol. The van der Waals surface area contributed by atoms with Crippen LogP contribution < -0.4 is 9.80 Å². The van der Waals surface area contributed by atoms with E-state index >= 15 is 0 Å². The van der Waals surface area contributed by atoms with Gasteiger partial charge in [-0.05, 0) is 130 Å². The lowest BCUT2D eigenvalue weighted by molar-refractivity contribution is 0.126. The molecule has 3 heteroatoms. The van der Waals surface area contributed by atoms with Crippen LogP contribution in [0.5, 0.6) is 0 Å². The second-order valence-electron chi connectivity index (χ2n) is 16.7. The molecule has 1 unspecified atom stereocenters. The minimum atomic E-state index is -1.52. The first kappa shape index (κ1) is 38.7. The number of nitrogens with zero attached hydrogens (tertiary/aromatic N) is 2. The van der Waals surface area contributed by atoms with E-state index in [4.69, 9.17) is 0 Å². The molecule has 0 spiro atoms. The zero-order valence-electron chi connectivity index (χ0n) is 35.3. The van der Waals surface area contributed by atoms with Crippen LogP contribution in [0.15, 0.2) is 231 Å². The van der Waals surface area contributed by atoms with Gasteiger partial charge in [0.15, 0.2) is 0 Å². The number of aliphatic hydroxyl groups is 1. The quantitative estimate of drug-likeness (QED) is 0.140. The summed E-state index contributed by atoms with van der Waals surface area (Å²) < 4.78 is 0. The average molecular weight is 801 g/mol. The molecule has 0 aromatic heterocycles. The van der Waals surface area contributed by atoms with Crippen molar-refractivity contribution < 1.29 is 5.11 Å². The Hall–Kier alpha value is -7.46. The van der Waals surface area contributed by atoms with E-state index in [1.54, 1.807) is 0 Å². The topological polar surface area (TPSA) is 26.7 Å². The second-order valence-corrected chi connectivity index (χ2v) is 16.7. The fourth-order valence-corrected chi connectivity index (χ4v) is 9.58. The zero-order chi connectivity index (χ0) is 42.3. The van der Waals surface area contributed by atoms with Gasteiger partial charge in [-0.15, -0.1) is 0 Å². The van der Waals surface area contributed by atoms with Gasteiger partial charge in [-0.25, -0.2) is 0 Å². The van der Waals surface area contributed by atoms with Gasteiger partial charge in [0, 0.05) is 45.1 Å². The molecule has 300 valence electrons. The van der Waals surface area contributed by atoms with Crippen LogP contribution in [0.2, 0.25) is 0 Å². The second kappa shape index (κ2) is 15.9. The summed E-state index contributed by atoms with van der Waals surface area (Å²) in [4.78, 5) is 4.55. The van der Waals surface area contributed by atoms with Crippen molar-refractivity contribution in [2.75, 3.05) is 9.80 Å². The first-order valence-corrected chi connectivity index (χ1v) is 21.4. The Morgan fingerprint density at radius 3 is 1.31 bits per heavy atom. The lowest BCUT2D eigenvalue weighted by atomic mass is 9.74. The molecule has 3 nitrogen and oxygen atoms in total. The summed E-state index contributed by atoms with van der Waals surface area (Å²) in [6, 6.07) is 80.7. The highest BCUT2D eigenvalue weighted by atomic mass is 16.3. The van der Waals surface area contributed by atoms with E-state index in [-0.39, 0.29) is 5.41 Å². The predicted molar refractivity (Wildman–Crippen MR) is 259 cm³/mol. The number of hydrogen-bond acceptors (Lipinski definition) is 3. The maximum Gasteiger partial charge on any atom is 0.141 e. The van der Waals surface area contributed by atoms with Gasteiger partial charge in [0.25, 0.3) is 0 Å². The fraction of sp³-hybridized carbons (Fsp3) is 0.0847. The fourth-order valence-electron chi connectivity index (χ4n) is 9.58. The summed E-state index contributed by atoms with van der Waals surface area (Å²) in [6.45, 7) is 6.77. The summed E-state index contributed by atoms with van der Waals surface area (Å²) in [5.41, 5.74) is 15.2. The van der Waals surface area contributed by atoms with Gasteiger partial charge in [0.2, 0.25) is 0 Å². The molecule has 0 radical (unpaired) electrons. The molecule has 1 aliphatic carbocycles. The number of aryl methyl sites for hydroxylation is 1. The summed E-state index contributed by atoms with van der Waals surface area (Å²) in [6.07, 6.45) is 0. The monoisotopic (exact) mass is 800 g/mol. The smallest absolute Gasteiger partial charge is 0.141 e. The van der Waals surface area contributed by atoms with Gasteiger partial charge >= 0.3 is 0 Å². The molecule has 1 N–H and O–H groups in total. The van der Waals surface area contributed by atoms with Crippen molar-refractivity contribution in [3.8, 4) is 22.3 Å². The molecule has 0 aliphatic heterocycles. The minimum Gasteiger partial charge on any atom is -0.376 e. The van der Waals surface area contributed by atoms with Crippen molar-refractivity contribution in [3.63, 3.8) is 0 Å². The van der Waals surface area contributed by atoms with Crippen LogP contribution in [0.4, 0.5) is 34.1 Å². The Balaban J connectivity index is 1.14. The van der Waals surface area contributed by atoms with E-state index in [0.717, 1.165) is 67.5 Å². The van der Waals surface area contributed by atoms with Crippen molar-refractivity contribution in [3.05, 3.63) is 264 Å². The summed E-state index contributed by atoms with van der Waals surface area (Å²) >= 11 is 0. The molecule has 1 aliphatic rings. The van der Waals surface area contributed by atoms with Gasteiger partial charge < -0.3 is 14.9 Å². The first-order chi connectivity index (χ1) is 30.3. The molecule has 10 rings (SSSR count). The van der Waals surface area contributed by atoms with E-state index in [9.17, 15) is 5.11 Å². The number of fused-ring (bicyclic) bond motifs is 3. The van der Waals surface area contributed by atoms with Crippen molar-refractivity contribution in [1.29, 1.82) is 0 Å². The van der Waals surface area contributed by atoms with Gasteiger partial charge in [0.1, 0.15) is 5.60 Å². The van der Waals surface area contributed by atoms with Gasteiger partial charge in [0.05, 0.1) is 0 Å². The molecule has 9 aromatic carbocycles. The Morgan fingerprint density at radius 1 is 0.355 bits per heavy atom. The third kappa shape index (κ3) is 6.68. The Morgan fingerprint density at radius 2 is 0.758 bits per heavy atom. The average Bonchev–Trinajstić information content (AvgIpc) is 3.56. The predicted octanol–water partition coefficient (Wildman–Crippen LogP) is 15.2. The highest BCUT2D eigenvalue weighted by Gasteiger charge is 2.41. The van der Waals surface area contributed by atoms with Gasteiger partial charge in [-0.2, -0.15) is 0 Å². The third-order valence-corrected chi connectivity index (χ3v) is 12.7. The molecule has 62 heavy (non-hydrogen) atoms. The van der Waals surface area contributed by atoms with Crippen molar-refractivity contribution in [2.45, 2.75) is 31.8 Å². The van der Waals surface area contributed by atoms with E-state index in [0.29, 0.717) is 0 Å². The minimum absolute atomic E-state index is 0.242. The maximum atomic E-state index is 14.0. The number of anilines is 6. The molecule has 0 fully saturated rings. The highest BCUT2D eigenvalue weighted by Crippen LogP contribution is 2.52. The van der Waals surface area contributed by atoms with Gasteiger partial charge in [-0.1, -0.05) is 172 Å². The lowest BCUT2D eigenvalue weighted by Crippen LogP contribution is -2.30. The van der Waals surface area contributed by atoms with E-state index in [1.807, 2.05) is 18.2 Å². The molecule has 0 saturated carbocycles. The van der Waals surface area contributed by atoms with Crippen molar-refractivity contribution >= 4 is 34.1 Å². The molecule has 0 heterocycles. The van der Waals surface area contributed by atoms with E-state index in [1.165, 1.54) is 22.3 Å². The standard InChI is InChI=1S/C59H48N2O/c1-42-40-50(61(47-24-12-6-13-25-47)48-26-14-7-15-27-48)37-39-51(42)52-28-17-19-31-56(52)59(62,44-34-38-54-53-29-16-18-30-55(53)58(2,3)57(54)41-44)43-32-35-49(36-33-43)60(45-20-8-4-9-21-45)46-22-10-5-11-23-46/h4-41,62H,1-3H3. The van der Waals surface area contributed by atoms with Crippen LogP contribution >= 0.6 is 0 Å². The molecule has 0 bridgehead atoms. The molecular formula is C59H48N2O. The normalized spacial score (nSPS) is 13.4. The third-order valence-electron chi connectivity index (χ3n) is 12.7. The van der Waals surface area contributed by atoms with Crippen LogP contribution in [0.1, 0.15) is 47.2 Å². The van der Waals surface area contributed by atoms with Crippen molar-refractivity contribution in [2.24, 2.45) is 0 Å². The van der Waals surface area contributed by atoms with E-state index < -0.39 is 5.60 Å². The Bertz CT molecular complexity index is 2920. The summed E-state index contributed by atoms with van der Waals surface area (Å²) in [5.74, 6) is 0. The van der Waals surface area contributed by atoms with E-state index in [2.05, 4.69) is 243 Å². The summed E-state index contributed by atoms with van der Waals surface area (Å²) in [7, 11) is 0. The van der Waals surface area contributed by atoms with Crippen LogP contribution in [-0.4, -0.2) is 5.11 Å². The molecule has 0 amide bonds. The molecule has 9 aromatic rings. The van der Waals surface area contributed by atoms with Crippen LogP contribution in [0, 0.1) is 6.92 Å². The number of rotatable bonds is 10. The van der Waals surface area contributed by atoms with Crippen LogP contribution in [0.3, 0.4) is 0 Å². The number of para-hydroxylation sites is 4. The highest BCUT2D eigenvalue weighted by molar-refractivity contribution is 5.84. The van der Waals surface area contributed by atoms with Gasteiger partial charge in [-0.3, -0.25) is 0 Å². The molecule has 1 atom stereocenters. The maximum absolute atomic E-state index is 14.0. The summed E-state index contributed by atoms with van der Waals surface area (Å²) in [5, 5.41) is 14.0. The number of benzene rings is 9.